The molecule has 2 aliphatic rings. The number of benzene rings is 1. The number of amides is 1. The molecule has 1 amide bonds. The first kappa shape index (κ1) is 18.0. The second kappa shape index (κ2) is 7.35. The number of carbonyl (C=O) groups is 2. The summed E-state index contributed by atoms with van der Waals surface area (Å²) in [5, 5.41) is 14.7. The molecule has 0 radical (unpaired) electrons. The number of nitrogens with zero attached hydrogens (tertiary/aromatic N) is 3. The Kier molecular flexibility index (Phi) is 4.91. The molecule has 2 atom stereocenters. The zero-order valence-electron chi connectivity index (χ0n) is 14.9. The van der Waals surface area contributed by atoms with E-state index in [0.29, 0.717) is 17.3 Å². The van der Waals surface area contributed by atoms with Crippen molar-refractivity contribution < 1.29 is 14.7 Å². The van der Waals surface area contributed by atoms with E-state index < -0.39 is 11.9 Å². The number of rotatable bonds is 4. The first-order valence-corrected chi connectivity index (χ1v) is 9.73. The maximum atomic E-state index is 13.1. The fraction of sp³-hybridized carbons (Fsp3) is 0.450. The lowest BCUT2D eigenvalue weighted by Gasteiger charge is -2.19. The first-order valence-electron chi connectivity index (χ1n) is 9.35. The number of likely N-dealkylation sites (tertiary alicyclic amines) is 1. The van der Waals surface area contributed by atoms with Crippen molar-refractivity contribution in [2.24, 2.45) is 5.92 Å². The summed E-state index contributed by atoms with van der Waals surface area (Å²) in [6.45, 7) is 0.588. The second-order valence-corrected chi connectivity index (χ2v) is 7.85. The average molecular weight is 388 g/mol. The minimum absolute atomic E-state index is 0.137. The third-order valence-electron chi connectivity index (χ3n) is 5.78. The van der Waals surface area contributed by atoms with Crippen molar-refractivity contribution in [2.45, 2.75) is 37.6 Å². The van der Waals surface area contributed by atoms with Crippen LogP contribution in [0.25, 0.3) is 0 Å². The molecule has 2 heterocycles. The van der Waals surface area contributed by atoms with Gasteiger partial charge in [0, 0.05) is 30.2 Å². The minimum Gasteiger partial charge on any atom is -0.481 e. The van der Waals surface area contributed by atoms with Crippen molar-refractivity contribution in [2.75, 3.05) is 13.1 Å². The lowest BCUT2D eigenvalue weighted by Crippen LogP contribution is -2.32. The Bertz CT molecular complexity index is 842. The van der Waals surface area contributed by atoms with Crippen molar-refractivity contribution in [3.8, 4) is 0 Å². The van der Waals surface area contributed by atoms with Crippen LogP contribution >= 0.6 is 11.6 Å². The Morgan fingerprint density at radius 3 is 2.44 bits per heavy atom. The number of hydrogen-bond donors (Lipinski definition) is 1. The maximum Gasteiger partial charge on any atom is 0.308 e. The molecule has 1 N–H and O–H groups in total. The maximum absolute atomic E-state index is 13.1. The van der Waals surface area contributed by atoms with E-state index in [-0.39, 0.29) is 24.4 Å². The van der Waals surface area contributed by atoms with Crippen molar-refractivity contribution in [3.05, 3.63) is 52.8 Å². The summed E-state index contributed by atoms with van der Waals surface area (Å²) in [6.07, 6.45) is 6.04. The highest BCUT2D eigenvalue weighted by molar-refractivity contribution is 6.30. The summed E-state index contributed by atoms with van der Waals surface area (Å²) in [7, 11) is 0. The zero-order valence-corrected chi connectivity index (χ0v) is 15.7. The molecule has 7 heteroatoms. The highest BCUT2D eigenvalue weighted by atomic mass is 35.5. The molecule has 0 unspecified atom stereocenters. The third kappa shape index (κ3) is 3.46. The highest BCUT2D eigenvalue weighted by Gasteiger charge is 2.41. The standard InChI is InChI=1S/C20H22ClN3O3/c21-14-7-5-13(6-8-14)16-11-23(12-17(16)20(26)27)19(25)18-9-10-22-24(18)15-3-1-2-4-15/h5-10,15-17H,1-4,11-12H2,(H,26,27)/t16-,17+/m0/s1. The average Bonchev–Trinajstić information content (AvgIpc) is 3.40. The zero-order chi connectivity index (χ0) is 19.0. The van der Waals surface area contributed by atoms with E-state index in [2.05, 4.69) is 5.10 Å². The summed E-state index contributed by atoms with van der Waals surface area (Å²) in [5.41, 5.74) is 1.45. The van der Waals surface area contributed by atoms with E-state index >= 15 is 0 Å². The Morgan fingerprint density at radius 2 is 1.78 bits per heavy atom. The van der Waals surface area contributed by atoms with Gasteiger partial charge in [-0.05, 0) is 36.6 Å². The van der Waals surface area contributed by atoms with Gasteiger partial charge in [0.2, 0.25) is 0 Å². The molecule has 1 aliphatic carbocycles. The quantitative estimate of drug-likeness (QED) is 0.869. The second-order valence-electron chi connectivity index (χ2n) is 7.41. The molecular formula is C20H22ClN3O3. The topological polar surface area (TPSA) is 75.4 Å². The molecule has 1 aromatic heterocycles. The van der Waals surface area contributed by atoms with Crippen LogP contribution in [0.2, 0.25) is 5.02 Å². The highest BCUT2D eigenvalue weighted by Crippen LogP contribution is 2.35. The van der Waals surface area contributed by atoms with Crippen LogP contribution in [0.1, 0.15) is 53.7 Å². The number of carbonyl (C=O) groups excluding carboxylic acids is 1. The summed E-state index contributed by atoms with van der Waals surface area (Å²) >= 11 is 5.95. The normalized spacial score (nSPS) is 23.1. The fourth-order valence-electron chi connectivity index (χ4n) is 4.35. The summed E-state index contributed by atoms with van der Waals surface area (Å²) < 4.78 is 1.83. The van der Waals surface area contributed by atoms with Gasteiger partial charge in [0.1, 0.15) is 5.69 Å². The fourth-order valence-corrected chi connectivity index (χ4v) is 4.48. The smallest absolute Gasteiger partial charge is 0.308 e. The van der Waals surface area contributed by atoms with Crippen LogP contribution in [-0.2, 0) is 4.79 Å². The summed E-state index contributed by atoms with van der Waals surface area (Å²) in [5.74, 6) is -1.89. The number of aromatic nitrogens is 2. The molecule has 2 aromatic rings. The van der Waals surface area contributed by atoms with Gasteiger partial charge in [0.25, 0.3) is 5.91 Å². The molecule has 2 fully saturated rings. The van der Waals surface area contributed by atoms with E-state index in [1.807, 2.05) is 16.8 Å². The van der Waals surface area contributed by atoms with Gasteiger partial charge in [0.15, 0.2) is 0 Å². The lowest BCUT2D eigenvalue weighted by molar-refractivity contribution is -0.141. The summed E-state index contributed by atoms with van der Waals surface area (Å²) in [6, 6.07) is 9.22. The monoisotopic (exact) mass is 387 g/mol. The Labute approximate surface area is 162 Å². The number of carboxylic acids is 1. The predicted molar refractivity (Wildman–Crippen MR) is 101 cm³/mol. The Morgan fingerprint density at radius 1 is 1.07 bits per heavy atom. The molecular weight excluding hydrogens is 366 g/mol. The molecule has 1 saturated carbocycles. The van der Waals surface area contributed by atoms with Gasteiger partial charge >= 0.3 is 5.97 Å². The first-order chi connectivity index (χ1) is 13.0. The van der Waals surface area contributed by atoms with Crippen molar-refractivity contribution in [1.29, 1.82) is 0 Å². The molecule has 1 saturated heterocycles. The van der Waals surface area contributed by atoms with Crippen LogP contribution < -0.4 is 0 Å². The predicted octanol–water partition coefficient (Wildman–Crippen LogP) is 3.59. The minimum atomic E-state index is -0.880. The number of carboxylic acid groups (broad SMARTS) is 1. The van der Waals surface area contributed by atoms with Crippen LogP contribution in [0.5, 0.6) is 0 Å². The SMILES string of the molecule is O=C(O)[C@@H]1CN(C(=O)c2ccnn2C2CCCC2)C[C@H]1c1ccc(Cl)cc1. The molecule has 1 aliphatic heterocycles. The van der Waals surface area contributed by atoms with E-state index in [4.69, 9.17) is 11.6 Å². The van der Waals surface area contributed by atoms with Gasteiger partial charge in [0.05, 0.1) is 12.0 Å². The van der Waals surface area contributed by atoms with Gasteiger partial charge in [-0.3, -0.25) is 14.3 Å². The van der Waals surface area contributed by atoms with Crippen LogP contribution in [-0.4, -0.2) is 44.8 Å². The van der Waals surface area contributed by atoms with Gasteiger partial charge in [-0.2, -0.15) is 5.10 Å². The van der Waals surface area contributed by atoms with Gasteiger partial charge in [-0.25, -0.2) is 0 Å². The number of hydrogen-bond acceptors (Lipinski definition) is 3. The molecule has 1 aromatic carbocycles. The molecule has 0 spiro atoms. The van der Waals surface area contributed by atoms with E-state index in [0.717, 1.165) is 31.2 Å². The largest absolute Gasteiger partial charge is 0.481 e. The Hall–Kier alpha value is -2.34. The molecule has 142 valence electrons. The van der Waals surface area contributed by atoms with E-state index in [1.165, 1.54) is 0 Å². The van der Waals surface area contributed by atoms with Crippen LogP contribution in [0.3, 0.4) is 0 Å². The van der Waals surface area contributed by atoms with E-state index in [9.17, 15) is 14.7 Å². The molecule has 4 rings (SSSR count). The third-order valence-corrected chi connectivity index (χ3v) is 6.03. The van der Waals surface area contributed by atoms with Crippen LogP contribution in [0.15, 0.2) is 36.5 Å². The van der Waals surface area contributed by atoms with Crippen LogP contribution in [0.4, 0.5) is 0 Å². The van der Waals surface area contributed by atoms with Gasteiger partial charge in [-0.15, -0.1) is 0 Å². The lowest BCUT2D eigenvalue weighted by atomic mass is 9.89. The van der Waals surface area contributed by atoms with Crippen molar-refractivity contribution in [3.63, 3.8) is 0 Å². The van der Waals surface area contributed by atoms with E-state index in [1.54, 1.807) is 29.3 Å². The number of halogens is 1. The van der Waals surface area contributed by atoms with Crippen molar-refractivity contribution in [1.82, 2.24) is 14.7 Å². The van der Waals surface area contributed by atoms with Crippen LogP contribution in [0, 0.1) is 5.92 Å². The van der Waals surface area contributed by atoms with Gasteiger partial charge in [-0.1, -0.05) is 36.6 Å². The molecule has 27 heavy (non-hydrogen) atoms. The molecule has 6 nitrogen and oxygen atoms in total. The number of aliphatic carboxylic acids is 1. The van der Waals surface area contributed by atoms with Gasteiger partial charge < -0.3 is 10.0 Å². The Balaban J connectivity index is 1.58. The molecule has 0 bridgehead atoms. The van der Waals surface area contributed by atoms with Crippen molar-refractivity contribution >= 4 is 23.5 Å². The summed E-state index contributed by atoms with van der Waals surface area (Å²) in [4.78, 5) is 26.6.